The molecule has 33 heavy (non-hydrogen) atoms. The molecule has 0 radical (unpaired) electrons. The number of nitrogens with one attached hydrogen (secondary N) is 3. The fourth-order valence-corrected chi connectivity index (χ4v) is 4.00. The summed E-state index contributed by atoms with van der Waals surface area (Å²) in [4.78, 5) is 28.2. The fourth-order valence-electron chi connectivity index (χ4n) is 4.00. The topological polar surface area (TPSA) is 101 Å². The first-order chi connectivity index (χ1) is 16.0. The van der Waals surface area contributed by atoms with Crippen LogP contribution in [0.5, 0.6) is 0 Å². The Bertz CT molecular complexity index is 1330. The van der Waals surface area contributed by atoms with Crippen molar-refractivity contribution in [1.82, 2.24) is 20.3 Å². The van der Waals surface area contributed by atoms with Crippen molar-refractivity contribution < 1.29 is 14.3 Å². The number of fused-ring (bicyclic) bond motifs is 2. The lowest BCUT2D eigenvalue weighted by Gasteiger charge is -2.16. The number of hydrogen-bond acceptors (Lipinski definition) is 4. The van der Waals surface area contributed by atoms with Gasteiger partial charge in [0.2, 0.25) is 0 Å². The first kappa shape index (κ1) is 22.1. The third-order valence-electron chi connectivity index (χ3n) is 5.80. The molecule has 2 heterocycles. The van der Waals surface area contributed by atoms with Crippen LogP contribution >= 0.6 is 0 Å². The molecule has 3 N–H and O–H groups in total. The Morgan fingerprint density at radius 2 is 1.88 bits per heavy atom. The van der Waals surface area contributed by atoms with E-state index in [0.29, 0.717) is 0 Å². The molecule has 2 aromatic heterocycles. The van der Waals surface area contributed by atoms with E-state index in [4.69, 9.17) is 4.74 Å². The highest BCUT2D eigenvalue weighted by Gasteiger charge is 2.23. The number of para-hydroxylation sites is 2. The van der Waals surface area contributed by atoms with E-state index in [1.165, 1.54) is 0 Å². The van der Waals surface area contributed by atoms with Gasteiger partial charge in [-0.3, -0.25) is 4.79 Å². The highest BCUT2D eigenvalue weighted by molar-refractivity contribution is 6.01. The lowest BCUT2D eigenvalue weighted by Crippen LogP contribution is -2.47. The molecule has 0 fully saturated rings. The summed E-state index contributed by atoms with van der Waals surface area (Å²) in [6, 6.07) is 15.0. The van der Waals surface area contributed by atoms with Crippen molar-refractivity contribution in [3.05, 3.63) is 71.5 Å². The summed E-state index contributed by atoms with van der Waals surface area (Å²) in [6.07, 6.45) is 3.13. The summed E-state index contributed by atoms with van der Waals surface area (Å²) in [5, 5.41) is 8.89. The van der Waals surface area contributed by atoms with E-state index in [-0.39, 0.29) is 13.0 Å². The van der Waals surface area contributed by atoms with Crippen LogP contribution in [0.3, 0.4) is 0 Å². The van der Waals surface area contributed by atoms with Gasteiger partial charge in [0, 0.05) is 52.7 Å². The van der Waals surface area contributed by atoms with Gasteiger partial charge in [0.15, 0.2) is 0 Å². The minimum atomic E-state index is -0.853. The van der Waals surface area contributed by atoms with Crippen LogP contribution in [0.15, 0.2) is 59.8 Å². The van der Waals surface area contributed by atoms with E-state index in [2.05, 4.69) is 25.4 Å². The summed E-state index contributed by atoms with van der Waals surface area (Å²) in [6.45, 7) is 3.93. The number of aryl methyl sites for hydroxylation is 1. The van der Waals surface area contributed by atoms with Gasteiger partial charge in [-0.1, -0.05) is 36.4 Å². The zero-order valence-corrected chi connectivity index (χ0v) is 18.9. The van der Waals surface area contributed by atoms with Crippen LogP contribution in [0.2, 0.25) is 0 Å². The van der Waals surface area contributed by atoms with E-state index >= 15 is 0 Å². The van der Waals surface area contributed by atoms with Crippen molar-refractivity contribution >= 4 is 40.0 Å². The predicted octanol–water partition coefficient (Wildman–Crippen LogP) is 3.78. The number of rotatable bonds is 7. The Labute approximate surface area is 191 Å². The van der Waals surface area contributed by atoms with Gasteiger partial charge >= 0.3 is 6.09 Å². The molecule has 2 aromatic carbocycles. The molecule has 0 saturated carbocycles. The number of amides is 2. The van der Waals surface area contributed by atoms with E-state index in [1.807, 2.05) is 68.7 Å². The van der Waals surface area contributed by atoms with Gasteiger partial charge < -0.3 is 19.6 Å². The molecule has 0 unspecified atom stereocenters. The van der Waals surface area contributed by atoms with Crippen molar-refractivity contribution in [3.8, 4) is 0 Å². The first-order valence-corrected chi connectivity index (χ1v) is 10.8. The second-order valence-corrected chi connectivity index (χ2v) is 7.79. The molecule has 170 valence electrons. The maximum Gasteiger partial charge on any atom is 0.407 e. The Kier molecular flexibility index (Phi) is 6.44. The number of hydrazone groups is 1. The van der Waals surface area contributed by atoms with Crippen molar-refractivity contribution in [2.75, 3.05) is 6.61 Å². The molecule has 0 bridgehead atoms. The number of ether oxygens (including phenoxy) is 1. The number of aromatic amines is 1. The summed E-state index contributed by atoms with van der Waals surface area (Å²) < 4.78 is 7.07. The third-order valence-corrected chi connectivity index (χ3v) is 5.80. The Morgan fingerprint density at radius 3 is 2.67 bits per heavy atom. The standard InChI is InChI=1S/C25H27N5O3/c1-4-33-25(32)28-22(13-17-14-26-21-11-7-5-9-18(17)21)24(31)29-27-15-20-16(2)30(3)23-12-8-6-10-19(20)23/h5-12,14-15,22,26H,4,13H2,1-3H3,(H,28,32)(H,29,31)/b27-15-/t22-/m1/s1. The highest BCUT2D eigenvalue weighted by Crippen LogP contribution is 2.23. The van der Waals surface area contributed by atoms with Crippen molar-refractivity contribution in [1.29, 1.82) is 0 Å². The minimum absolute atomic E-state index is 0.214. The van der Waals surface area contributed by atoms with Crippen molar-refractivity contribution in [3.63, 3.8) is 0 Å². The van der Waals surface area contributed by atoms with Gasteiger partial charge in [0.25, 0.3) is 5.91 Å². The van der Waals surface area contributed by atoms with Crippen LogP contribution in [0.4, 0.5) is 4.79 Å². The second kappa shape index (κ2) is 9.60. The van der Waals surface area contributed by atoms with Gasteiger partial charge in [-0.2, -0.15) is 5.10 Å². The summed E-state index contributed by atoms with van der Waals surface area (Å²) in [7, 11) is 1.99. The smallest absolute Gasteiger partial charge is 0.407 e. The average molecular weight is 446 g/mol. The fraction of sp³-hybridized carbons (Fsp3) is 0.240. The molecule has 4 aromatic rings. The number of carbonyl (C=O) groups excluding carboxylic acids is 2. The minimum Gasteiger partial charge on any atom is -0.450 e. The van der Waals surface area contributed by atoms with E-state index in [0.717, 1.165) is 38.6 Å². The lowest BCUT2D eigenvalue weighted by molar-refractivity contribution is -0.123. The van der Waals surface area contributed by atoms with Crippen molar-refractivity contribution in [2.45, 2.75) is 26.3 Å². The maximum absolute atomic E-state index is 13.0. The third kappa shape index (κ3) is 4.59. The van der Waals surface area contributed by atoms with Gasteiger partial charge in [-0.05, 0) is 31.5 Å². The molecule has 0 aliphatic heterocycles. The van der Waals surface area contributed by atoms with Gasteiger partial charge in [0.05, 0.1) is 12.8 Å². The molecule has 8 nitrogen and oxygen atoms in total. The Hall–Kier alpha value is -4.07. The lowest BCUT2D eigenvalue weighted by atomic mass is 10.0. The molecule has 0 aliphatic carbocycles. The molecule has 0 aliphatic rings. The first-order valence-electron chi connectivity index (χ1n) is 10.8. The SMILES string of the molecule is CCOC(=O)N[C@H](Cc1c[nH]c2ccccc12)C(=O)N/N=C\c1c(C)n(C)c2ccccc12. The number of alkyl carbamates (subject to hydrolysis) is 1. The molecule has 8 heteroatoms. The summed E-state index contributed by atoms with van der Waals surface area (Å²) >= 11 is 0. The molecule has 4 rings (SSSR count). The maximum atomic E-state index is 13.0. The van der Waals surface area contributed by atoms with Crippen molar-refractivity contribution in [2.24, 2.45) is 12.1 Å². The van der Waals surface area contributed by atoms with Crippen LogP contribution in [-0.2, 0) is 23.0 Å². The highest BCUT2D eigenvalue weighted by atomic mass is 16.5. The summed E-state index contributed by atoms with van der Waals surface area (Å²) in [5.74, 6) is -0.428. The number of benzene rings is 2. The number of carbonyl (C=O) groups is 2. The van der Waals surface area contributed by atoms with Gasteiger partial charge in [-0.15, -0.1) is 0 Å². The monoisotopic (exact) mass is 445 g/mol. The second-order valence-electron chi connectivity index (χ2n) is 7.79. The number of H-pyrrole nitrogens is 1. The number of aromatic nitrogens is 2. The van der Waals surface area contributed by atoms with Crippen LogP contribution in [0, 0.1) is 6.92 Å². The van der Waals surface area contributed by atoms with E-state index in [9.17, 15) is 9.59 Å². The van der Waals surface area contributed by atoms with Crippen LogP contribution in [0.1, 0.15) is 23.7 Å². The Morgan fingerprint density at radius 1 is 1.15 bits per heavy atom. The van der Waals surface area contributed by atoms with Gasteiger partial charge in [0.1, 0.15) is 6.04 Å². The molecular formula is C25H27N5O3. The number of nitrogens with zero attached hydrogens (tertiary/aromatic N) is 2. The van der Waals surface area contributed by atoms with Crippen LogP contribution in [-0.4, -0.2) is 40.4 Å². The van der Waals surface area contributed by atoms with Crippen LogP contribution < -0.4 is 10.7 Å². The van der Waals surface area contributed by atoms with E-state index < -0.39 is 18.0 Å². The number of hydrogen-bond donors (Lipinski definition) is 3. The molecule has 0 saturated heterocycles. The molecule has 1 atom stereocenters. The molecule has 0 spiro atoms. The van der Waals surface area contributed by atoms with E-state index in [1.54, 1.807) is 13.1 Å². The zero-order valence-electron chi connectivity index (χ0n) is 18.9. The molecular weight excluding hydrogens is 418 g/mol. The molecule has 2 amide bonds. The zero-order chi connectivity index (χ0) is 23.4. The quantitative estimate of drug-likeness (QED) is 0.298. The van der Waals surface area contributed by atoms with Gasteiger partial charge in [-0.25, -0.2) is 10.2 Å². The Balaban J connectivity index is 1.54. The summed E-state index contributed by atoms with van der Waals surface area (Å²) in [5.41, 5.74) is 7.51. The largest absolute Gasteiger partial charge is 0.450 e. The van der Waals surface area contributed by atoms with Crippen LogP contribution in [0.25, 0.3) is 21.8 Å². The average Bonchev–Trinajstić information content (AvgIpc) is 3.33. The predicted molar refractivity (Wildman–Crippen MR) is 129 cm³/mol. The normalized spacial score (nSPS) is 12.3.